The molecule has 5 aromatic rings. The van der Waals surface area contributed by atoms with Gasteiger partial charge >= 0.3 is 0 Å². The monoisotopic (exact) mass is 511 g/mol. The number of amides is 1. The minimum absolute atomic E-state index is 0.0545. The van der Waals surface area contributed by atoms with Crippen molar-refractivity contribution in [2.75, 3.05) is 4.90 Å². The molecule has 6 rings (SSSR count). The van der Waals surface area contributed by atoms with E-state index in [1.165, 1.54) is 0 Å². The number of benzene rings is 3. The minimum atomic E-state index is -0.0545. The zero-order chi connectivity index (χ0) is 26.6. The molecule has 0 atom stereocenters. The Balaban J connectivity index is 1.28. The van der Waals surface area contributed by atoms with Crippen LogP contribution in [0.4, 0.5) is 5.69 Å². The molecule has 1 aliphatic rings. The maximum Gasteiger partial charge on any atom is 0.258 e. The molecule has 192 valence electrons. The number of anilines is 1. The fraction of sp³-hybridized carbons (Fsp3) is 0.147. The number of carbonyl (C=O) groups excluding carboxylic acids is 2. The van der Waals surface area contributed by atoms with Crippen LogP contribution in [0.1, 0.15) is 44.1 Å². The Morgan fingerprint density at radius 2 is 1.54 bits per heavy atom. The summed E-state index contributed by atoms with van der Waals surface area (Å²) in [6.45, 7) is 1.09. The van der Waals surface area contributed by atoms with E-state index in [-0.39, 0.29) is 11.7 Å². The van der Waals surface area contributed by atoms with Gasteiger partial charge in [-0.25, -0.2) is 0 Å². The molecule has 5 heteroatoms. The van der Waals surface area contributed by atoms with E-state index in [9.17, 15) is 9.59 Å². The van der Waals surface area contributed by atoms with Crippen molar-refractivity contribution in [3.05, 3.63) is 144 Å². The number of hydrogen-bond donors (Lipinski definition) is 0. The lowest BCUT2D eigenvalue weighted by atomic mass is 10.0. The Morgan fingerprint density at radius 3 is 2.33 bits per heavy atom. The van der Waals surface area contributed by atoms with Crippen molar-refractivity contribution in [2.24, 2.45) is 0 Å². The van der Waals surface area contributed by atoms with E-state index in [1.807, 2.05) is 96.0 Å². The number of pyridine rings is 1. The lowest BCUT2D eigenvalue weighted by Gasteiger charge is -2.29. The van der Waals surface area contributed by atoms with Crippen LogP contribution >= 0.6 is 0 Å². The van der Waals surface area contributed by atoms with E-state index >= 15 is 0 Å². The maximum absolute atomic E-state index is 13.9. The first-order valence-corrected chi connectivity index (χ1v) is 13.3. The molecule has 0 saturated heterocycles. The summed E-state index contributed by atoms with van der Waals surface area (Å²) in [5, 5.41) is 0. The number of aryl methyl sites for hydroxylation is 2. The molecule has 1 amide bonds. The fourth-order valence-corrected chi connectivity index (χ4v) is 5.33. The lowest BCUT2D eigenvalue weighted by Crippen LogP contribution is -2.34. The number of aromatic nitrogens is 2. The summed E-state index contributed by atoms with van der Waals surface area (Å²) in [6, 6.07) is 33.8. The smallest absolute Gasteiger partial charge is 0.258 e. The van der Waals surface area contributed by atoms with Gasteiger partial charge in [-0.3, -0.25) is 14.6 Å². The van der Waals surface area contributed by atoms with Gasteiger partial charge < -0.3 is 9.47 Å². The van der Waals surface area contributed by atoms with Crippen molar-refractivity contribution in [3.8, 4) is 11.1 Å². The molecule has 3 aromatic carbocycles. The van der Waals surface area contributed by atoms with Gasteiger partial charge in [-0.2, -0.15) is 0 Å². The normalized spacial score (nSPS) is 12.7. The fourth-order valence-electron chi connectivity index (χ4n) is 5.33. The molecule has 0 unspecified atom stereocenters. The predicted molar refractivity (Wildman–Crippen MR) is 154 cm³/mol. The van der Waals surface area contributed by atoms with Crippen LogP contribution in [0.15, 0.2) is 116 Å². The van der Waals surface area contributed by atoms with Gasteiger partial charge in [0.15, 0.2) is 5.78 Å². The van der Waals surface area contributed by atoms with E-state index in [2.05, 4.69) is 27.8 Å². The molecule has 0 N–H and O–H groups in total. The number of nitrogens with zero attached hydrogens (tertiary/aromatic N) is 3. The number of rotatable bonds is 6. The number of ketones is 1. The summed E-state index contributed by atoms with van der Waals surface area (Å²) in [5.74, 6) is 0.0505. The van der Waals surface area contributed by atoms with Crippen molar-refractivity contribution in [1.29, 1.82) is 0 Å². The molecule has 39 heavy (non-hydrogen) atoms. The van der Waals surface area contributed by atoms with E-state index in [4.69, 9.17) is 0 Å². The van der Waals surface area contributed by atoms with Crippen LogP contribution in [0.3, 0.4) is 0 Å². The van der Waals surface area contributed by atoms with Crippen LogP contribution in [-0.2, 0) is 25.9 Å². The molecule has 0 spiro atoms. The third-order valence-electron chi connectivity index (χ3n) is 7.41. The number of para-hydroxylation sites is 1. The first-order chi connectivity index (χ1) is 19.2. The van der Waals surface area contributed by atoms with Gasteiger partial charge in [-0.05, 0) is 71.5 Å². The van der Waals surface area contributed by atoms with Crippen molar-refractivity contribution in [1.82, 2.24) is 9.55 Å². The van der Waals surface area contributed by atoms with Crippen LogP contribution in [0.5, 0.6) is 0 Å². The highest BCUT2D eigenvalue weighted by Gasteiger charge is 2.26. The number of Topliss-reactive ketones (excluding diaryl/α,β-unsaturated/α-hetero) is 1. The second-order valence-corrected chi connectivity index (χ2v) is 9.86. The van der Waals surface area contributed by atoms with Crippen LogP contribution in [0.2, 0.25) is 0 Å². The van der Waals surface area contributed by atoms with Crippen molar-refractivity contribution in [2.45, 2.75) is 32.4 Å². The minimum Gasteiger partial charge on any atom is -0.340 e. The van der Waals surface area contributed by atoms with Gasteiger partial charge in [0.25, 0.3) is 5.91 Å². The zero-order valence-electron chi connectivity index (χ0n) is 21.7. The molecule has 0 aliphatic carbocycles. The molecule has 5 nitrogen and oxygen atoms in total. The summed E-state index contributed by atoms with van der Waals surface area (Å²) in [7, 11) is 0. The topological polar surface area (TPSA) is 55.2 Å². The highest BCUT2D eigenvalue weighted by molar-refractivity contribution is 6.06. The average Bonchev–Trinajstić information content (AvgIpc) is 3.39. The SMILES string of the molecule is O=C(CCc1cccnc1)c1ccc2n1CCc1ccccc1N(C(=O)c1ccc(-c3ccccc3)cc1)C2. The highest BCUT2D eigenvalue weighted by Crippen LogP contribution is 2.30. The molecular formula is C34H29N3O2. The molecule has 1 aliphatic heterocycles. The van der Waals surface area contributed by atoms with Gasteiger partial charge in [0, 0.05) is 42.3 Å². The molecular weight excluding hydrogens is 482 g/mol. The van der Waals surface area contributed by atoms with Crippen LogP contribution < -0.4 is 4.90 Å². The van der Waals surface area contributed by atoms with E-state index in [0.29, 0.717) is 37.2 Å². The summed E-state index contributed by atoms with van der Waals surface area (Å²) < 4.78 is 2.10. The van der Waals surface area contributed by atoms with Gasteiger partial charge in [0.2, 0.25) is 0 Å². The van der Waals surface area contributed by atoms with E-state index in [1.54, 1.807) is 6.20 Å². The highest BCUT2D eigenvalue weighted by atomic mass is 16.2. The number of carbonyl (C=O) groups is 2. The van der Waals surface area contributed by atoms with E-state index < -0.39 is 0 Å². The first kappa shape index (κ1) is 24.6. The van der Waals surface area contributed by atoms with Crippen LogP contribution in [0.25, 0.3) is 11.1 Å². The Kier molecular flexibility index (Phi) is 6.88. The quantitative estimate of drug-likeness (QED) is 0.237. The van der Waals surface area contributed by atoms with Gasteiger partial charge in [0.1, 0.15) is 0 Å². The van der Waals surface area contributed by atoms with Gasteiger partial charge in [-0.15, -0.1) is 0 Å². The first-order valence-electron chi connectivity index (χ1n) is 13.3. The lowest BCUT2D eigenvalue weighted by molar-refractivity contribution is 0.0972. The molecule has 3 heterocycles. The zero-order valence-corrected chi connectivity index (χ0v) is 21.7. The largest absolute Gasteiger partial charge is 0.340 e. The Bertz CT molecular complexity index is 1610. The van der Waals surface area contributed by atoms with Crippen molar-refractivity contribution >= 4 is 17.4 Å². The predicted octanol–water partition coefficient (Wildman–Crippen LogP) is 6.77. The number of fused-ring (bicyclic) bond motifs is 2. The Labute approximate surface area is 228 Å². The summed E-state index contributed by atoms with van der Waals surface area (Å²) in [4.78, 5) is 33.2. The van der Waals surface area contributed by atoms with Crippen LogP contribution in [-0.4, -0.2) is 21.2 Å². The molecule has 0 saturated carbocycles. The second-order valence-electron chi connectivity index (χ2n) is 9.86. The Morgan fingerprint density at radius 1 is 0.769 bits per heavy atom. The summed E-state index contributed by atoms with van der Waals surface area (Å²) in [5.41, 5.74) is 7.56. The molecule has 2 aromatic heterocycles. The van der Waals surface area contributed by atoms with Gasteiger partial charge in [-0.1, -0.05) is 66.7 Å². The second kappa shape index (κ2) is 10.9. The van der Waals surface area contributed by atoms with Crippen molar-refractivity contribution < 1.29 is 9.59 Å². The number of hydrogen-bond acceptors (Lipinski definition) is 3. The third-order valence-corrected chi connectivity index (χ3v) is 7.41. The standard InChI is InChI=1S/C34H29N3O2/c38-33(19-12-25-7-6-21-35-23-25)32-18-17-30-24-37(31-11-5-4-10-28(31)20-22-36(30)32)34(39)29-15-13-27(14-16-29)26-8-2-1-3-9-26/h1-11,13-18,21,23H,12,19-20,22,24H2. The summed E-state index contributed by atoms with van der Waals surface area (Å²) in [6.07, 6.45) is 5.35. The average molecular weight is 512 g/mol. The summed E-state index contributed by atoms with van der Waals surface area (Å²) >= 11 is 0. The van der Waals surface area contributed by atoms with Gasteiger partial charge in [0.05, 0.1) is 12.2 Å². The Hall–Kier alpha value is -4.77. The molecule has 0 radical (unpaired) electrons. The van der Waals surface area contributed by atoms with Crippen LogP contribution in [0, 0.1) is 0 Å². The molecule has 0 fully saturated rings. The maximum atomic E-state index is 13.9. The molecule has 0 bridgehead atoms. The third kappa shape index (κ3) is 5.16. The van der Waals surface area contributed by atoms with E-state index in [0.717, 1.165) is 40.1 Å². The van der Waals surface area contributed by atoms with Crippen molar-refractivity contribution in [3.63, 3.8) is 0 Å².